The Morgan fingerprint density at radius 3 is 2.31 bits per heavy atom. The molecule has 0 heterocycles. The summed E-state index contributed by atoms with van der Waals surface area (Å²) in [4.78, 5) is 49.0. The van der Waals surface area contributed by atoms with Gasteiger partial charge in [0, 0.05) is 16.1 Å². The second kappa shape index (κ2) is 14.0. The molecule has 236 valence electrons. The summed E-state index contributed by atoms with van der Waals surface area (Å²) in [6.45, 7) is 3.68. The van der Waals surface area contributed by atoms with Crippen molar-refractivity contribution < 1.29 is 46.6 Å². The third-order valence-corrected chi connectivity index (χ3v) is 6.63. The third-order valence-electron chi connectivity index (χ3n) is 6.08. The molecule has 3 aromatic carbocycles. The van der Waals surface area contributed by atoms with E-state index in [-0.39, 0.29) is 33.1 Å². The van der Waals surface area contributed by atoms with Gasteiger partial charge in [-0.2, -0.15) is 13.2 Å². The van der Waals surface area contributed by atoms with Crippen LogP contribution in [0.3, 0.4) is 0 Å². The number of carboxylic acid groups (broad SMARTS) is 1. The summed E-state index contributed by atoms with van der Waals surface area (Å²) in [5.74, 6) is 0.533. The lowest BCUT2D eigenvalue weighted by molar-refractivity contribution is -0.142. The summed E-state index contributed by atoms with van der Waals surface area (Å²) in [6, 6.07) is 8.32. The highest BCUT2D eigenvalue weighted by molar-refractivity contribution is 6.34. The number of amides is 2. The number of rotatable bonds is 9. The Bertz CT molecular complexity index is 1730. The van der Waals surface area contributed by atoms with Crippen LogP contribution in [0.1, 0.15) is 47.8 Å². The van der Waals surface area contributed by atoms with Crippen LogP contribution in [0.15, 0.2) is 54.6 Å². The molecule has 0 fully saturated rings. The number of anilines is 1. The van der Waals surface area contributed by atoms with E-state index < -0.39 is 64.8 Å². The molecule has 3 rings (SSSR count). The molecular weight excluding hydrogens is 643 g/mol. The number of hydrogen-bond donors (Lipinski definition) is 3. The summed E-state index contributed by atoms with van der Waals surface area (Å²) in [5.41, 5.74) is -2.95. The van der Waals surface area contributed by atoms with Crippen molar-refractivity contribution in [2.24, 2.45) is 5.41 Å². The first-order valence-electron chi connectivity index (χ1n) is 12.9. The molecule has 0 aliphatic heterocycles. The minimum absolute atomic E-state index is 0.0383. The number of nitrogens with one attached hydrogen (secondary N) is 2. The van der Waals surface area contributed by atoms with Crippen molar-refractivity contribution in [2.75, 3.05) is 11.9 Å². The van der Waals surface area contributed by atoms with E-state index in [1.807, 2.05) is 0 Å². The maximum absolute atomic E-state index is 13.9. The van der Waals surface area contributed by atoms with Crippen LogP contribution in [-0.2, 0) is 20.6 Å². The quantitative estimate of drug-likeness (QED) is 0.139. The molecule has 0 unspecified atom stereocenters. The monoisotopic (exact) mass is 666 g/mol. The van der Waals surface area contributed by atoms with Crippen molar-refractivity contribution in [1.82, 2.24) is 5.32 Å². The minimum atomic E-state index is -4.90. The number of halogens is 6. The molecule has 0 aliphatic carbocycles. The Hall–Kier alpha value is -4.60. The Balaban J connectivity index is 1.72. The molecule has 2 amide bonds. The average Bonchev–Trinajstić information content (AvgIpc) is 2.95. The average molecular weight is 667 g/mol. The normalized spacial score (nSPS) is 11.9. The minimum Gasteiger partial charge on any atom is -0.483 e. The molecule has 0 radical (unpaired) electrons. The van der Waals surface area contributed by atoms with Gasteiger partial charge in [0.25, 0.3) is 5.91 Å². The second-order valence-corrected chi connectivity index (χ2v) is 11.0. The number of carbonyl (C=O) groups is 4. The van der Waals surface area contributed by atoms with Crippen LogP contribution in [0.4, 0.5) is 23.2 Å². The lowest BCUT2D eigenvalue weighted by Gasteiger charge is -2.19. The van der Waals surface area contributed by atoms with Gasteiger partial charge in [-0.3, -0.25) is 19.2 Å². The van der Waals surface area contributed by atoms with Gasteiger partial charge in [-0.25, -0.2) is 4.39 Å². The van der Waals surface area contributed by atoms with Gasteiger partial charge in [0.1, 0.15) is 23.0 Å². The molecule has 3 N–H and O–H groups in total. The van der Waals surface area contributed by atoms with Crippen LogP contribution in [-0.4, -0.2) is 41.3 Å². The largest absolute Gasteiger partial charge is 0.483 e. The van der Waals surface area contributed by atoms with E-state index in [0.717, 1.165) is 6.07 Å². The Morgan fingerprint density at radius 1 is 1.00 bits per heavy atom. The predicted octanol–water partition coefficient (Wildman–Crippen LogP) is 6.37. The lowest BCUT2D eigenvalue weighted by atomic mass is 9.92. The van der Waals surface area contributed by atoms with Crippen LogP contribution < -0.4 is 15.4 Å². The van der Waals surface area contributed by atoms with E-state index in [1.165, 1.54) is 51.1 Å². The molecule has 0 saturated heterocycles. The zero-order chi connectivity index (χ0) is 33.7. The summed E-state index contributed by atoms with van der Waals surface area (Å²) >= 11 is 12.2. The number of alkyl halides is 3. The van der Waals surface area contributed by atoms with Crippen molar-refractivity contribution in [3.8, 4) is 17.6 Å². The zero-order valence-corrected chi connectivity index (χ0v) is 25.2. The zero-order valence-electron chi connectivity index (χ0n) is 23.7. The van der Waals surface area contributed by atoms with Crippen molar-refractivity contribution >= 4 is 52.5 Å². The molecule has 0 aromatic heterocycles. The van der Waals surface area contributed by atoms with Crippen LogP contribution in [0.5, 0.6) is 5.75 Å². The molecule has 0 saturated carbocycles. The third kappa shape index (κ3) is 9.44. The Labute approximate surface area is 264 Å². The van der Waals surface area contributed by atoms with Crippen LogP contribution in [0.25, 0.3) is 0 Å². The highest BCUT2D eigenvalue weighted by Crippen LogP contribution is 2.32. The summed E-state index contributed by atoms with van der Waals surface area (Å²) in [5, 5.41) is 13.9. The molecule has 0 aliphatic rings. The fraction of sp³-hybridized carbons (Fsp3) is 0.226. The van der Waals surface area contributed by atoms with Gasteiger partial charge in [0.15, 0.2) is 12.4 Å². The van der Waals surface area contributed by atoms with Gasteiger partial charge >= 0.3 is 12.1 Å². The number of carbonyl (C=O) groups excluding carboxylic acids is 3. The topological polar surface area (TPSA) is 122 Å². The van der Waals surface area contributed by atoms with Crippen molar-refractivity contribution in [2.45, 2.75) is 33.0 Å². The molecule has 3 aromatic rings. The number of carboxylic acids is 1. The first-order chi connectivity index (χ1) is 20.9. The number of benzene rings is 3. The van der Waals surface area contributed by atoms with Gasteiger partial charge in [-0.05, 0) is 75.4 Å². The van der Waals surface area contributed by atoms with Gasteiger partial charge in [-0.15, -0.1) is 0 Å². The maximum Gasteiger partial charge on any atom is 0.416 e. The fourth-order valence-corrected chi connectivity index (χ4v) is 3.99. The van der Waals surface area contributed by atoms with E-state index >= 15 is 0 Å². The highest BCUT2D eigenvalue weighted by Gasteiger charge is 2.32. The van der Waals surface area contributed by atoms with Gasteiger partial charge in [0.2, 0.25) is 5.91 Å². The van der Waals surface area contributed by atoms with Gasteiger partial charge in [0.05, 0.1) is 21.8 Å². The summed E-state index contributed by atoms with van der Waals surface area (Å²) < 4.78 is 58.8. The van der Waals surface area contributed by atoms with Crippen LogP contribution in [0.2, 0.25) is 10.0 Å². The summed E-state index contributed by atoms with van der Waals surface area (Å²) in [7, 11) is 0. The van der Waals surface area contributed by atoms with E-state index in [0.29, 0.717) is 17.7 Å². The van der Waals surface area contributed by atoms with Crippen molar-refractivity contribution in [3.05, 3.63) is 92.7 Å². The van der Waals surface area contributed by atoms with E-state index in [1.54, 1.807) is 0 Å². The first-order valence-corrected chi connectivity index (χ1v) is 13.6. The first kappa shape index (κ1) is 34.9. The highest BCUT2D eigenvalue weighted by atomic mass is 35.5. The standard InChI is InChI=1S/C31H24Cl2F4N2O6/c1-16(28(42)43)38-29(44)30(2,3)9-8-17-4-6-24(23(33)10-17)39-26(40)15-45-25-7-5-20(32)14-22(25)27(41)18-11-19(31(35,36)37)13-21(34)12-18/h4-7,10-14,16H,15H2,1-3H3,(H,38,44)(H,39,40)(H,42,43)/t16-/m0/s1. The fourth-order valence-electron chi connectivity index (χ4n) is 3.59. The number of hydrogen-bond acceptors (Lipinski definition) is 5. The molecule has 8 nitrogen and oxygen atoms in total. The number of ether oxygens (including phenoxy) is 1. The maximum atomic E-state index is 13.9. The molecule has 0 spiro atoms. The van der Waals surface area contributed by atoms with Crippen LogP contribution >= 0.6 is 23.2 Å². The summed E-state index contributed by atoms with van der Waals surface area (Å²) in [6.07, 6.45) is -4.90. The van der Waals surface area contributed by atoms with Gasteiger partial charge < -0.3 is 20.5 Å². The number of aliphatic carboxylic acids is 1. The lowest BCUT2D eigenvalue weighted by Crippen LogP contribution is -2.44. The van der Waals surface area contributed by atoms with E-state index in [4.69, 9.17) is 33.0 Å². The van der Waals surface area contributed by atoms with Crippen LogP contribution in [0, 0.1) is 23.1 Å². The smallest absolute Gasteiger partial charge is 0.416 e. The Kier molecular flexibility index (Phi) is 10.9. The number of ketones is 1. The Morgan fingerprint density at radius 2 is 1.69 bits per heavy atom. The van der Waals surface area contributed by atoms with E-state index in [2.05, 4.69) is 22.5 Å². The molecular formula is C31H24Cl2F4N2O6. The predicted molar refractivity (Wildman–Crippen MR) is 158 cm³/mol. The van der Waals surface area contributed by atoms with Crippen molar-refractivity contribution in [3.63, 3.8) is 0 Å². The van der Waals surface area contributed by atoms with E-state index in [9.17, 15) is 36.7 Å². The molecule has 14 heteroatoms. The molecule has 1 atom stereocenters. The molecule has 45 heavy (non-hydrogen) atoms. The second-order valence-electron chi connectivity index (χ2n) is 10.1. The van der Waals surface area contributed by atoms with Crippen molar-refractivity contribution in [1.29, 1.82) is 0 Å². The van der Waals surface area contributed by atoms with Gasteiger partial charge in [-0.1, -0.05) is 35.0 Å². The SMILES string of the molecule is C[C@H](NC(=O)C(C)(C)C#Cc1ccc(NC(=O)COc2ccc(Cl)cc2C(=O)c2cc(F)cc(C(F)(F)F)c2)c(Cl)c1)C(=O)O. The molecule has 0 bridgehead atoms.